The maximum absolute atomic E-state index is 13.8. The van der Waals surface area contributed by atoms with Crippen molar-refractivity contribution < 1.29 is 37.8 Å². The van der Waals surface area contributed by atoms with E-state index in [1.807, 2.05) is 36.4 Å². The Labute approximate surface area is 294 Å². The zero-order valence-corrected chi connectivity index (χ0v) is 29.0. The molecule has 4 aromatic rings. The van der Waals surface area contributed by atoms with Gasteiger partial charge >= 0.3 is 11.9 Å². The summed E-state index contributed by atoms with van der Waals surface area (Å²) < 4.78 is 28.1. The summed E-state index contributed by atoms with van der Waals surface area (Å²) in [6.07, 6.45) is 5.83. The Kier molecular flexibility index (Phi) is 10.6. The van der Waals surface area contributed by atoms with Gasteiger partial charge in [0.1, 0.15) is 0 Å². The van der Waals surface area contributed by atoms with Crippen LogP contribution in [0.5, 0.6) is 0 Å². The zero-order valence-electron chi connectivity index (χ0n) is 27.4. The molecular formula is C38H38N2O8S2. The highest BCUT2D eigenvalue weighted by molar-refractivity contribution is 7.89. The van der Waals surface area contributed by atoms with Crippen molar-refractivity contribution in [3.63, 3.8) is 0 Å². The van der Waals surface area contributed by atoms with E-state index < -0.39 is 27.9 Å². The standard InChI is InChI=1S/C38H38N2O8S2/c41-32(27-5-3-7-30(21-27)50(47,48)40-20-4-6-28(23-40)38(45)46)22-34-35(31-8-1-2-9-33(31)49-34)36(42)39-29-18-14-25(15-19-29)11-10-24-12-16-26(17-13-24)37(43)44/h3,5,7,12-19,21,28H,1-2,4,6,8-11,20,22-23H2,(H,39,42)(H,43,44)(H,45,46). The number of amides is 1. The van der Waals surface area contributed by atoms with Crippen LogP contribution in [0.25, 0.3) is 0 Å². The average molecular weight is 715 g/mol. The van der Waals surface area contributed by atoms with Gasteiger partial charge in [0.25, 0.3) is 5.91 Å². The van der Waals surface area contributed by atoms with Gasteiger partial charge in [0.15, 0.2) is 5.78 Å². The lowest BCUT2D eigenvalue weighted by atomic mass is 9.93. The molecule has 1 saturated heterocycles. The van der Waals surface area contributed by atoms with Crippen molar-refractivity contribution in [3.05, 3.63) is 116 Å². The van der Waals surface area contributed by atoms with Crippen molar-refractivity contribution >= 4 is 50.7 Å². The number of aryl methyl sites for hydroxylation is 3. The topological polar surface area (TPSA) is 158 Å². The summed E-state index contributed by atoms with van der Waals surface area (Å²) >= 11 is 1.47. The summed E-state index contributed by atoms with van der Waals surface area (Å²) in [5.74, 6) is -3.34. The van der Waals surface area contributed by atoms with Gasteiger partial charge in [-0.1, -0.05) is 36.4 Å². The molecule has 260 valence electrons. The third-order valence-electron chi connectivity index (χ3n) is 9.43. The Balaban J connectivity index is 1.15. The van der Waals surface area contributed by atoms with E-state index in [1.165, 1.54) is 33.8 Å². The first kappa shape index (κ1) is 35.2. The summed E-state index contributed by atoms with van der Waals surface area (Å²) in [6.45, 7) is 0.110. The number of nitrogens with one attached hydrogen (secondary N) is 1. The number of aromatic carboxylic acids is 1. The number of anilines is 1. The van der Waals surface area contributed by atoms with Gasteiger partial charge in [0.05, 0.1) is 21.9 Å². The molecule has 1 atom stereocenters. The smallest absolute Gasteiger partial charge is 0.335 e. The van der Waals surface area contributed by atoms with Crippen molar-refractivity contribution in [1.82, 2.24) is 4.31 Å². The van der Waals surface area contributed by atoms with Crippen LogP contribution in [0, 0.1) is 5.92 Å². The van der Waals surface area contributed by atoms with Gasteiger partial charge in [0.2, 0.25) is 10.0 Å². The molecule has 1 unspecified atom stereocenters. The highest BCUT2D eigenvalue weighted by Gasteiger charge is 2.34. The summed E-state index contributed by atoms with van der Waals surface area (Å²) in [4.78, 5) is 51.8. The summed E-state index contributed by atoms with van der Waals surface area (Å²) in [7, 11) is -4.00. The van der Waals surface area contributed by atoms with E-state index in [0.717, 1.165) is 60.1 Å². The van der Waals surface area contributed by atoms with Crippen LogP contribution in [0.4, 0.5) is 5.69 Å². The fraction of sp³-hybridized carbons (Fsp3) is 0.316. The van der Waals surface area contributed by atoms with Crippen molar-refractivity contribution in [1.29, 1.82) is 0 Å². The van der Waals surface area contributed by atoms with Gasteiger partial charge in [-0.15, -0.1) is 11.3 Å². The molecular weight excluding hydrogens is 677 g/mol. The molecule has 0 bridgehead atoms. The highest BCUT2D eigenvalue weighted by atomic mass is 32.2. The zero-order chi connectivity index (χ0) is 35.4. The van der Waals surface area contributed by atoms with Crippen LogP contribution in [0.1, 0.15) is 83.2 Å². The van der Waals surface area contributed by atoms with Gasteiger partial charge in [0, 0.05) is 40.5 Å². The van der Waals surface area contributed by atoms with E-state index in [1.54, 1.807) is 18.2 Å². The van der Waals surface area contributed by atoms with Crippen LogP contribution in [-0.2, 0) is 46.9 Å². The number of fused-ring (bicyclic) bond motifs is 1. The van der Waals surface area contributed by atoms with Gasteiger partial charge in [-0.05, 0) is 104 Å². The number of carboxylic acids is 2. The third kappa shape index (κ3) is 7.88. The lowest BCUT2D eigenvalue weighted by Crippen LogP contribution is -2.42. The fourth-order valence-corrected chi connectivity index (χ4v) is 9.61. The van der Waals surface area contributed by atoms with E-state index in [4.69, 9.17) is 5.11 Å². The number of nitrogens with zero attached hydrogens (tertiary/aromatic N) is 1. The first-order valence-electron chi connectivity index (χ1n) is 16.7. The average Bonchev–Trinajstić information content (AvgIpc) is 3.49. The molecule has 6 rings (SSSR count). The third-order valence-corrected chi connectivity index (χ3v) is 12.6. The van der Waals surface area contributed by atoms with Crippen molar-refractivity contribution in [2.45, 2.75) is 62.7 Å². The Morgan fingerprint density at radius 2 is 1.52 bits per heavy atom. The lowest BCUT2D eigenvalue weighted by molar-refractivity contribution is -0.142. The molecule has 12 heteroatoms. The molecule has 3 N–H and O–H groups in total. The number of hydrogen-bond donors (Lipinski definition) is 3. The number of sulfonamides is 1. The molecule has 50 heavy (non-hydrogen) atoms. The maximum atomic E-state index is 13.8. The van der Waals surface area contributed by atoms with Crippen LogP contribution in [0.3, 0.4) is 0 Å². The molecule has 3 aromatic carbocycles. The Morgan fingerprint density at radius 1 is 0.840 bits per heavy atom. The number of ketones is 1. The molecule has 2 aliphatic rings. The predicted molar refractivity (Wildman–Crippen MR) is 190 cm³/mol. The van der Waals surface area contributed by atoms with Crippen molar-refractivity contribution in [2.75, 3.05) is 18.4 Å². The summed E-state index contributed by atoms with van der Waals surface area (Å²) in [5.41, 5.74) is 4.67. The first-order valence-corrected chi connectivity index (χ1v) is 19.0. The van der Waals surface area contributed by atoms with Crippen molar-refractivity contribution in [3.8, 4) is 0 Å². The summed E-state index contributed by atoms with van der Waals surface area (Å²) in [5, 5.41) is 21.6. The highest BCUT2D eigenvalue weighted by Crippen LogP contribution is 2.36. The summed E-state index contributed by atoms with van der Waals surface area (Å²) in [6, 6.07) is 20.3. The van der Waals surface area contributed by atoms with Crippen LogP contribution >= 0.6 is 11.3 Å². The van der Waals surface area contributed by atoms with E-state index in [0.29, 0.717) is 29.0 Å². The maximum Gasteiger partial charge on any atom is 0.335 e. The SMILES string of the molecule is O=C(O)c1ccc(CCc2ccc(NC(=O)c3c(CC(=O)c4cccc(S(=O)(=O)N5CCCC(C(=O)O)C5)c4)sc4c3CCCC4)cc2)cc1. The lowest BCUT2D eigenvalue weighted by Gasteiger charge is -2.29. The van der Waals surface area contributed by atoms with E-state index in [9.17, 15) is 32.7 Å². The number of rotatable bonds is 12. The number of piperidine rings is 1. The van der Waals surface area contributed by atoms with Crippen LogP contribution in [-0.4, -0.2) is 59.7 Å². The number of carbonyl (C=O) groups excluding carboxylic acids is 2. The van der Waals surface area contributed by atoms with E-state index >= 15 is 0 Å². The normalized spacial score (nSPS) is 16.4. The quantitative estimate of drug-likeness (QED) is 0.145. The first-order chi connectivity index (χ1) is 24.0. The second kappa shape index (κ2) is 15.1. The van der Waals surface area contributed by atoms with E-state index in [2.05, 4.69) is 5.32 Å². The molecule has 2 heterocycles. The Hall–Kier alpha value is -4.65. The second-order valence-corrected chi connectivity index (χ2v) is 16.0. The fourth-order valence-electron chi connectivity index (χ4n) is 6.65. The molecule has 1 aliphatic carbocycles. The second-order valence-electron chi connectivity index (χ2n) is 12.8. The number of benzene rings is 3. The molecule has 0 spiro atoms. The minimum absolute atomic E-state index is 0.0545. The molecule has 10 nitrogen and oxygen atoms in total. The minimum Gasteiger partial charge on any atom is -0.481 e. The van der Waals surface area contributed by atoms with E-state index in [-0.39, 0.29) is 47.2 Å². The van der Waals surface area contributed by atoms with Crippen LogP contribution < -0.4 is 5.32 Å². The number of aliphatic carboxylic acids is 1. The number of carbonyl (C=O) groups is 4. The molecule has 1 fully saturated rings. The molecule has 0 saturated carbocycles. The number of Topliss-reactive ketones (excluding diaryl/α,β-unsaturated/α-hetero) is 1. The van der Waals surface area contributed by atoms with Gasteiger partial charge in [-0.2, -0.15) is 4.31 Å². The van der Waals surface area contributed by atoms with Gasteiger partial charge < -0.3 is 15.5 Å². The molecule has 0 radical (unpaired) electrons. The monoisotopic (exact) mass is 714 g/mol. The molecule has 1 aromatic heterocycles. The Morgan fingerprint density at radius 3 is 2.20 bits per heavy atom. The number of thiophene rings is 1. The predicted octanol–water partition coefficient (Wildman–Crippen LogP) is 6.27. The number of carboxylic acid groups (broad SMARTS) is 2. The largest absolute Gasteiger partial charge is 0.481 e. The van der Waals surface area contributed by atoms with Gasteiger partial charge in [-0.25, -0.2) is 13.2 Å². The van der Waals surface area contributed by atoms with Gasteiger partial charge in [-0.3, -0.25) is 14.4 Å². The molecule has 1 amide bonds. The molecule has 1 aliphatic heterocycles. The number of hydrogen-bond acceptors (Lipinski definition) is 7. The van der Waals surface area contributed by atoms with Crippen LogP contribution in [0.15, 0.2) is 77.7 Å². The minimum atomic E-state index is -4.00. The van der Waals surface area contributed by atoms with Crippen molar-refractivity contribution in [2.24, 2.45) is 5.92 Å². The Bertz CT molecular complexity index is 2040. The van der Waals surface area contributed by atoms with Crippen LogP contribution in [0.2, 0.25) is 0 Å².